The van der Waals surface area contributed by atoms with Crippen molar-refractivity contribution < 1.29 is 14.3 Å². The Morgan fingerprint density at radius 1 is 1.13 bits per heavy atom. The molecule has 1 aliphatic rings. The molecule has 0 bridgehead atoms. The summed E-state index contributed by atoms with van der Waals surface area (Å²) in [6.45, 7) is 4.98. The zero-order valence-corrected chi connectivity index (χ0v) is 15.4. The van der Waals surface area contributed by atoms with Gasteiger partial charge in [-0.25, -0.2) is 4.79 Å². The minimum absolute atomic E-state index is 0.0509. The van der Waals surface area contributed by atoms with E-state index in [0.29, 0.717) is 6.10 Å². The summed E-state index contributed by atoms with van der Waals surface area (Å²) in [5.74, 6) is -0.157. The van der Waals surface area contributed by atoms with E-state index in [1.807, 2.05) is 13.0 Å². The van der Waals surface area contributed by atoms with Gasteiger partial charge in [0.15, 0.2) is 0 Å². The fraction of sp³-hybridized carbons (Fsp3) is 0.611. The lowest BCUT2D eigenvalue weighted by Gasteiger charge is -2.27. The monoisotopic (exact) mass is 352 g/mol. The van der Waals surface area contributed by atoms with E-state index >= 15 is 0 Å². The first-order valence-corrected chi connectivity index (χ1v) is 10.2. The Labute approximate surface area is 145 Å². The number of hydrogen-bond donors (Lipinski definition) is 0. The van der Waals surface area contributed by atoms with Crippen molar-refractivity contribution in [1.29, 1.82) is 0 Å². The lowest BCUT2D eigenvalue weighted by Crippen LogP contribution is -2.28. The largest absolute Gasteiger partial charge is 0.458 e. The second kappa shape index (κ2) is 7.77. The molecule has 0 N–H and O–H groups in total. The van der Waals surface area contributed by atoms with Gasteiger partial charge in [0.1, 0.15) is 11.0 Å². The molecule has 126 valence electrons. The molecule has 1 aliphatic carbocycles. The molecule has 0 radical (unpaired) electrons. The van der Waals surface area contributed by atoms with Crippen LogP contribution in [-0.4, -0.2) is 24.8 Å². The van der Waals surface area contributed by atoms with Crippen molar-refractivity contribution in [2.24, 2.45) is 0 Å². The third-order valence-corrected chi connectivity index (χ3v) is 6.69. The third-order valence-electron chi connectivity index (χ3n) is 4.26. The quantitative estimate of drug-likeness (QED) is 0.651. The number of fused-ring (bicyclic) bond motifs is 1. The van der Waals surface area contributed by atoms with Crippen LogP contribution >= 0.6 is 22.7 Å². The van der Waals surface area contributed by atoms with Gasteiger partial charge >= 0.3 is 5.97 Å². The summed E-state index contributed by atoms with van der Waals surface area (Å²) in [6, 6.07) is 4.20. The molecule has 3 nitrogen and oxygen atoms in total. The van der Waals surface area contributed by atoms with Crippen LogP contribution in [0.15, 0.2) is 12.1 Å². The SMILES string of the molecule is CCCc1cc2cc(C(=O)O[C@H]3CC[C@H](OCC)CC3)sc2s1. The predicted molar refractivity (Wildman–Crippen MR) is 96.8 cm³/mol. The Hall–Kier alpha value is -0.910. The van der Waals surface area contributed by atoms with Crippen molar-refractivity contribution >= 4 is 38.0 Å². The van der Waals surface area contributed by atoms with Crippen LogP contribution in [0, 0.1) is 0 Å². The van der Waals surface area contributed by atoms with Crippen LogP contribution in [0.2, 0.25) is 0 Å². The normalized spacial score (nSPS) is 21.7. The topological polar surface area (TPSA) is 35.5 Å². The van der Waals surface area contributed by atoms with Crippen LogP contribution in [0.25, 0.3) is 9.40 Å². The number of rotatable bonds is 6. The van der Waals surface area contributed by atoms with Gasteiger partial charge in [-0.2, -0.15) is 0 Å². The molecule has 3 rings (SSSR count). The van der Waals surface area contributed by atoms with Crippen LogP contribution < -0.4 is 0 Å². The van der Waals surface area contributed by atoms with E-state index in [9.17, 15) is 4.79 Å². The second-order valence-corrected chi connectivity index (χ2v) is 8.52. The number of esters is 1. The molecule has 2 heterocycles. The zero-order chi connectivity index (χ0) is 16.2. The summed E-state index contributed by atoms with van der Waals surface area (Å²) in [7, 11) is 0. The van der Waals surface area contributed by atoms with Gasteiger partial charge in [-0.15, -0.1) is 22.7 Å². The highest BCUT2D eigenvalue weighted by Gasteiger charge is 2.25. The molecule has 5 heteroatoms. The van der Waals surface area contributed by atoms with Crippen LogP contribution in [0.5, 0.6) is 0 Å². The average molecular weight is 353 g/mol. The van der Waals surface area contributed by atoms with E-state index in [2.05, 4.69) is 13.0 Å². The van der Waals surface area contributed by atoms with Gasteiger partial charge in [-0.1, -0.05) is 13.3 Å². The molecule has 0 saturated heterocycles. The number of thiophene rings is 2. The van der Waals surface area contributed by atoms with Crippen molar-refractivity contribution in [1.82, 2.24) is 0 Å². The van der Waals surface area contributed by atoms with E-state index < -0.39 is 0 Å². The molecule has 0 spiro atoms. The first-order valence-electron chi connectivity index (χ1n) is 8.54. The summed E-state index contributed by atoms with van der Waals surface area (Å²) >= 11 is 3.37. The molecule has 0 amide bonds. The van der Waals surface area contributed by atoms with Gasteiger partial charge in [0.05, 0.1) is 10.1 Å². The van der Waals surface area contributed by atoms with Crippen molar-refractivity contribution in [2.75, 3.05) is 6.61 Å². The molecule has 0 aliphatic heterocycles. The maximum Gasteiger partial charge on any atom is 0.348 e. The van der Waals surface area contributed by atoms with Crippen LogP contribution in [0.3, 0.4) is 0 Å². The average Bonchev–Trinajstić information content (AvgIpc) is 3.08. The Bertz CT molecular complexity index is 619. The molecule has 0 aromatic carbocycles. The molecule has 0 atom stereocenters. The lowest BCUT2D eigenvalue weighted by molar-refractivity contribution is -0.0160. The molecule has 2 aromatic heterocycles. The molecular formula is C18H24O3S2. The highest BCUT2D eigenvalue weighted by Crippen LogP contribution is 2.35. The number of hydrogen-bond acceptors (Lipinski definition) is 5. The standard InChI is InChI=1S/C18H24O3S2/c1-3-5-15-10-12-11-16(23-18(12)22-15)17(19)21-14-8-6-13(7-9-14)20-4-2/h10-11,13-14H,3-9H2,1-2H3/t13-,14-. The molecular weight excluding hydrogens is 328 g/mol. The number of ether oxygens (including phenoxy) is 2. The van der Waals surface area contributed by atoms with Gasteiger partial charge in [-0.05, 0) is 51.2 Å². The number of aryl methyl sites for hydroxylation is 1. The summed E-state index contributed by atoms with van der Waals surface area (Å²) in [6.07, 6.45) is 6.49. The molecule has 2 aromatic rings. The molecule has 1 fully saturated rings. The summed E-state index contributed by atoms with van der Waals surface area (Å²) in [5.41, 5.74) is 0. The molecule has 23 heavy (non-hydrogen) atoms. The van der Waals surface area contributed by atoms with Crippen molar-refractivity contribution in [3.63, 3.8) is 0 Å². The highest BCUT2D eigenvalue weighted by atomic mass is 32.2. The van der Waals surface area contributed by atoms with Crippen LogP contribution in [0.4, 0.5) is 0 Å². The minimum atomic E-state index is -0.157. The van der Waals surface area contributed by atoms with E-state index in [1.54, 1.807) is 22.7 Å². The molecule has 1 saturated carbocycles. The van der Waals surface area contributed by atoms with Crippen molar-refractivity contribution in [3.05, 3.63) is 21.9 Å². The molecule has 0 unspecified atom stereocenters. The Morgan fingerprint density at radius 2 is 1.87 bits per heavy atom. The van der Waals surface area contributed by atoms with Gasteiger partial charge in [0.25, 0.3) is 0 Å². The summed E-state index contributed by atoms with van der Waals surface area (Å²) < 4.78 is 12.6. The smallest absolute Gasteiger partial charge is 0.348 e. The van der Waals surface area contributed by atoms with Gasteiger partial charge in [-0.3, -0.25) is 0 Å². The fourth-order valence-corrected chi connectivity index (χ4v) is 5.60. The van der Waals surface area contributed by atoms with Gasteiger partial charge < -0.3 is 9.47 Å². The van der Waals surface area contributed by atoms with E-state index in [0.717, 1.165) is 50.0 Å². The second-order valence-electron chi connectivity index (χ2n) is 6.08. The van der Waals surface area contributed by atoms with Gasteiger partial charge in [0, 0.05) is 16.9 Å². The minimum Gasteiger partial charge on any atom is -0.458 e. The number of carbonyl (C=O) groups excluding carboxylic acids is 1. The van der Waals surface area contributed by atoms with E-state index in [-0.39, 0.29) is 12.1 Å². The zero-order valence-electron chi connectivity index (χ0n) is 13.8. The maximum atomic E-state index is 12.4. The van der Waals surface area contributed by atoms with Crippen LogP contribution in [-0.2, 0) is 15.9 Å². The van der Waals surface area contributed by atoms with Crippen molar-refractivity contribution in [2.45, 2.75) is 64.6 Å². The van der Waals surface area contributed by atoms with E-state index in [4.69, 9.17) is 9.47 Å². The maximum absolute atomic E-state index is 12.4. The van der Waals surface area contributed by atoms with Crippen molar-refractivity contribution in [3.8, 4) is 0 Å². The number of carbonyl (C=O) groups is 1. The lowest BCUT2D eigenvalue weighted by atomic mass is 9.95. The summed E-state index contributed by atoms with van der Waals surface area (Å²) in [4.78, 5) is 14.5. The predicted octanol–water partition coefficient (Wildman–Crippen LogP) is 5.42. The van der Waals surface area contributed by atoms with Crippen LogP contribution in [0.1, 0.15) is 60.5 Å². The Balaban J connectivity index is 1.57. The third kappa shape index (κ3) is 4.14. The first-order chi connectivity index (χ1) is 11.2. The summed E-state index contributed by atoms with van der Waals surface area (Å²) in [5, 5.41) is 1.19. The first kappa shape index (κ1) is 16.9. The van der Waals surface area contributed by atoms with E-state index in [1.165, 1.54) is 14.3 Å². The Kier molecular flexibility index (Phi) is 5.72. The highest BCUT2D eigenvalue weighted by molar-refractivity contribution is 7.39. The Morgan fingerprint density at radius 3 is 2.52 bits per heavy atom. The fourth-order valence-electron chi connectivity index (χ4n) is 3.12. The van der Waals surface area contributed by atoms with Gasteiger partial charge in [0.2, 0.25) is 0 Å².